The highest BCUT2D eigenvalue weighted by Crippen LogP contribution is 2.16. The number of methoxy groups -OCH3 is 1. The molecule has 0 aromatic rings. The van der Waals surface area contributed by atoms with E-state index in [0.717, 1.165) is 13.0 Å². The number of sulfonamides is 1. The van der Waals surface area contributed by atoms with Gasteiger partial charge < -0.3 is 15.2 Å². The molecule has 1 heterocycles. The van der Waals surface area contributed by atoms with Crippen LogP contribution in [0.4, 0.5) is 0 Å². The zero-order valence-corrected chi connectivity index (χ0v) is 11.1. The number of piperidine rings is 1. The van der Waals surface area contributed by atoms with Crippen molar-refractivity contribution in [2.24, 2.45) is 0 Å². The van der Waals surface area contributed by atoms with E-state index in [1.807, 2.05) is 0 Å². The predicted octanol–water partition coefficient (Wildman–Crippen LogP) is -0.991. The van der Waals surface area contributed by atoms with Crippen LogP contribution < -0.4 is 5.32 Å². The average Bonchev–Trinajstić information content (AvgIpc) is 2.35. The lowest BCUT2D eigenvalue weighted by Crippen LogP contribution is -2.47. The molecule has 7 heteroatoms. The van der Waals surface area contributed by atoms with Gasteiger partial charge >= 0.3 is 0 Å². The third-order valence-electron chi connectivity index (χ3n) is 2.93. The van der Waals surface area contributed by atoms with Crippen molar-refractivity contribution >= 4 is 10.0 Å². The lowest BCUT2D eigenvalue weighted by molar-refractivity contribution is 0.168. The summed E-state index contributed by atoms with van der Waals surface area (Å²) in [6.45, 7) is 2.00. The van der Waals surface area contributed by atoms with E-state index in [-0.39, 0.29) is 18.4 Å². The number of nitrogens with one attached hydrogen (secondary N) is 1. The van der Waals surface area contributed by atoms with Gasteiger partial charge in [0.1, 0.15) is 0 Å². The third-order valence-corrected chi connectivity index (χ3v) is 5.26. The van der Waals surface area contributed by atoms with Gasteiger partial charge in [-0.1, -0.05) is 0 Å². The maximum absolute atomic E-state index is 12.3. The number of aliphatic hydroxyl groups excluding tert-OH is 1. The van der Waals surface area contributed by atoms with Crippen molar-refractivity contribution in [1.82, 2.24) is 9.62 Å². The van der Waals surface area contributed by atoms with Crippen LogP contribution in [0.1, 0.15) is 12.8 Å². The molecule has 0 bridgehead atoms. The zero-order valence-electron chi connectivity index (χ0n) is 10.3. The molecule has 1 saturated heterocycles. The molecule has 2 N–H and O–H groups in total. The molecule has 0 radical (unpaired) electrons. The summed E-state index contributed by atoms with van der Waals surface area (Å²) in [4.78, 5) is 0. The van der Waals surface area contributed by atoms with Crippen LogP contribution in [-0.4, -0.2) is 69.6 Å². The summed E-state index contributed by atoms with van der Waals surface area (Å²) < 4.78 is 30.8. The summed E-state index contributed by atoms with van der Waals surface area (Å²) in [5.41, 5.74) is 0. The fraction of sp³-hybridized carbons (Fsp3) is 1.00. The van der Waals surface area contributed by atoms with Crippen LogP contribution >= 0.6 is 0 Å². The fourth-order valence-corrected chi connectivity index (χ4v) is 3.84. The Balaban J connectivity index is 2.67. The Hall–Kier alpha value is -0.210. The quantitative estimate of drug-likeness (QED) is 0.618. The number of aliphatic hydroxyl groups is 1. The first-order valence-corrected chi connectivity index (χ1v) is 7.42. The molecule has 1 unspecified atom stereocenters. The first kappa shape index (κ1) is 14.8. The molecule has 0 saturated carbocycles. The smallest absolute Gasteiger partial charge is 0.218 e. The van der Waals surface area contributed by atoms with E-state index in [0.29, 0.717) is 26.1 Å². The van der Waals surface area contributed by atoms with Crippen molar-refractivity contribution in [2.75, 3.05) is 46.5 Å². The number of ether oxygens (including phenoxy) is 1. The summed E-state index contributed by atoms with van der Waals surface area (Å²) in [5.74, 6) is 0. The van der Waals surface area contributed by atoms with E-state index in [1.54, 1.807) is 0 Å². The fourth-order valence-electron chi connectivity index (χ4n) is 1.96. The van der Waals surface area contributed by atoms with Crippen molar-refractivity contribution < 1.29 is 18.3 Å². The highest BCUT2D eigenvalue weighted by Gasteiger charge is 2.32. The summed E-state index contributed by atoms with van der Waals surface area (Å²) in [5, 5.41) is 11.7. The van der Waals surface area contributed by atoms with Gasteiger partial charge in [-0.2, -0.15) is 4.31 Å². The summed E-state index contributed by atoms with van der Waals surface area (Å²) >= 11 is 0. The van der Waals surface area contributed by atoms with Crippen molar-refractivity contribution in [3.63, 3.8) is 0 Å². The minimum atomic E-state index is -3.33. The van der Waals surface area contributed by atoms with Crippen LogP contribution in [0.2, 0.25) is 0 Å². The van der Waals surface area contributed by atoms with Gasteiger partial charge in [0.15, 0.2) is 0 Å². The molecule has 6 nitrogen and oxygen atoms in total. The minimum absolute atomic E-state index is 0.141. The van der Waals surface area contributed by atoms with Gasteiger partial charge in [-0.05, 0) is 19.4 Å². The number of hydrogen-bond acceptors (Lipinski definition) is 5. The van der Waals surface area contributed by atoms with Gasteiger partial charge in [-0.15, -0.1) is 0 Å². The molecule has 1 atom stereocenters. The van der Waals surface area contributed by atoms with E-state index in [1.165, 1.54) is 11.4 Å². The molecule has 102 valence electrons. The Morgan fingerprint density at radius 3 is 2.76 bits per heavy atom. The highest BCUT2D eigenvalue weighted by atomic mass is 32.2. The van der Waals surface area contributed by atoms with Crippen LogP contribution in [0.3, 0.4) is 0 Å². The highest BCUT2D eigenvalue weighted by molar-refractivity contribution is 7.89. The molecule has 0 aromatic heterocycles. The number of hydrogen-bond donors (Lipinski definition) is 2. The standard InChI is InChI=1S/C10H22N2O4S/c1-16-8-6-12(5-7-13)17(14,15)10-3-2-4-11-9-10/h10-11,13H,2-9H2,1H3. The van der Waals surface area contributed by atoms with Crippen LogP contribution in [0.15, 0.2) is 0 Å². The number of nitrogens with zero attached hydrogens (tertiary/aromatic N) is 1. The Labute approximate surface area is 103 Å². The monoisotopic (exact) mass is 266 g/mol. The Bertz CT molecular complexity index is 301. The molecule has 1 rings (SSSR count). The van der Waals surface area contributed by atoms with E-state index in [9.17, 15) is 8.42 Å². The Morgan fingerprint density at radius 1 is 1.47 bits per heavy atom. The van der Waals surface area contributed by atoms with Crippen LogP contribution in [0.25, 0.3) is 0 Å². The van der Waals surface area contributed by atoms with Gasteiger partial charge in [0, 0.05) is 26.7 Å². The Morgan fingerprint density at radius 2 is 2.24 bits per heavy atom. The second-order valence-corrected chi connectivity index (χ2v) is 6.34. The normalized spacial score (nSPS) is 21.9. The molecule has 0 aliphatic carbocycles. The van der Waals surface area contributed by atoms with Crippen molar-refractivity contribution in [3.8, 4) is 0 Å². The van der Waals surface area contributed by atoms with E-state index in [2.05, 4.69) is 5.32 Å². The predicted molar refractivity (Wildman–Crippen MR) is 65.3 cm³/mol. The second kappa shape index (κ2) is 7.27. The second-order valence-electron chi connectivity index (χ2n) is 4.13. The molecule has 0 aromatic carbocycles. The van der Waals surface area contributed by atoms with Gasteiger partial charge in [-0.3, -0.25) is 0 Å². The molecule has 0 amide bonds. The SMILES string of the molecule is COCCN(CCO)S(=O)(=O)C1CCCNC1. The third kappa shape index (κ3) is 4.18. The van der Waals surface area contributed by atoms with E-state index < -0.39 is 10.0 Å². The van der Waals surface area contributed by atoms with Crippen LogP contribution in [0, 0.1) is 0 Å². The van der Waals surface area contributed by atoms with Crippen LogP contribution in [-0.2, 0) is 14.8 Å². The maximum atomic E-state index is 12.3. The Kier molecular flexibility index (Phi) is 6.35. The van der Waals surface area contributed by atoms with Gasteiger partial charge in [0.25, 0.3) is 0 Å². The van der Waals surface area contributed by atoms with Crippen molar-refractivity contribution in [3.05, 3.63) is 0 Å². The zero-order chi connectivity index (χ0) is 12.7. The molecule has 0 spiro atoms. The van der Waals surface area contributed by atoms with Crippen molar-refractivity contribution in [1.29, 1.82) is 0 Å². The summed E-state index contributed by atoms with van der Waals surface area (Å²) in [6.07, 6.45) is 1.56. The lowest BCUT2D eigenvalue weighted by Gasteiger charge is -2.29. The van der Waals surface area contributed by atoms with Gasteiger partial charge in [-0.25, -0.2) is 8.42 Å². The molecular formula is C10H22N2O4S. The average molecular weight is 266 g/mol. The van der Waals surface area contributed by atoms with Gasteiger partial charge in [0.05, 0.1) is 18.5 Å². The van der Waals surface area contributed by atoms with Crippen molar-refractivity contribution in [2.45, 2.75) is 18.1 Å². The summed E-state index contributed by atoms with van der Waals surface area (Å²) in [7, 11) is -1.79. The first-order chi connectivity index (χ1) is 8.12. The molecule has 1 aliphatic heterocycles. The van der Waals surface area contributed by atoms with Crippen LogP contribution in [0.5, 0.6) is 0 Å². The van der Waals surface area contributed by atoms with Gasteiger partial charge in [0.2, 0.25) is 10.0 Å². The maximum Gasteiger partial charge on any atom is 0.218 e. The molecule has 1 fully saturated rings. The number of rotatable bonds is 7. The minimum Gasteiger partial charge on any atom is -0.395 e. The largest absolute Gasteiger partial charge is 0.395 e. The van der Waals surface area contributed by atoms with E-state index >= 15 is 0 Å². The summed E-state index contributed by atoms with van der Waals surface area (Å²) in [6, 6.07) is 0. The van der Waals surface area contributed by atoms with E-state index in [4.69, 9.17) is 9.84 Å². The lowest BCUT2D eigenvalue weighted by atomic mass is 10.2. The first-order valence-electron chi connectivity index (χ1n) is 5.92. The molecular weight excluding hydrogens is 244 g/mol. The topological polar surface area (TPSA) is 78.9 Å². The molecule has 1 aliphatic rings. The molecule has 17 heavy (non-hydrogen) atoms.